The van der Waals surface area contributed by atoms with Gasteiger partial charge in [-0.2, -0.15) is 5.10 Å². The Balaban J connectivity index is 1.95. The molecule has 0 spiro atoms. The third kappa shape index (κ3) is 4.00. The minimum Gasteiger partial charge on any atom is -0.309 e. The van der Waals surface area contributed by atoms with E-state index in [1.165, 1.54) is 19.3 Å². The second-order valence-electron chi connectivity index (χ2n) is 5.28. The molecule has 19 heavy (non-hydrogen) atoms. The van der Waals surface area contributed by atoms with E-state index in [1.54, 1.807) is 0 Å². The van der Waals surface area contributed by atoms with Crippen LogP contribution in [0.3, 0.4) is 0 Å². The summed E-state index contributed by atoms with van der Waals surface area (Å²) < 4.78 is 27.6. The summed E-state index contributed by atoms with van der Waals surface area (Å²) in [6.45, 7) is 2.40. The van der Waals surface area contributed by atoms with Gasteiger partial charge in [-0.1, -0.05) is 26.2 Å². The van der Waals surface area contributed by atoms with Gasteiger partial charge in [0.1, 0.15) is 0 Å². The number of rotatable bonds is 6. The Bertz CT molecular complexity index is 373. The molecule has 0 radical (unpaired) electrons. The standard InChI is InChI=1S/C14H23F2N3/c1-2-17-13(14(15)16)10-11-8-9-19(18-11)12-6-4-3-5-7-12/h8-9,12-14,17H,2-7,10H2,1H3. The SMILES string of the molecule is CCNC(Cc1ccn(C2CCCCC2)n1)C(F)F. The molecule has 1 fully saturated rings. The molecule has 0 aliphatic heterocycles. The third-order valence-corrected chi connectivity index (χ3v) is 3.81. The predicted octanol–water partition coefficient (Wildman–Crippen LogP) is 3.17. The van der Waals surface area contributed by atoms with E-state index >= 15 is 0 Å². The molecule has 1 saturated carbocycles. The Morgan fingerprint density at radius 2 is 2.11 bits per heavy atom. The minimum atomic E-state index is -2.35. The molecular weight excluding hydrogens is 248 g/mol. The molecule has 0 aromatic carbocycles. The number of likely N-dealkylation sites (N-methyl/N-ethyl adjacent to an activating group) is 1. The Morgan fingerprint density at radius 3 is 2.74 bits per heavy atom. The van der Waals surface area contributed by atoms with E-state index in [0.29, 0.717) is 19.0 Å². The molecular formula is C14H23F2N3. The van der Waals surface area contributed by atoms with Crippen LogP contribution in [0.4, 0.5) is 8.78 Å². The normalized spacial score (nSPS) is 18.9. The summed E-state index contributed by atoms with van der Waals surface area (Å²) in [5.41, 5.74) is 0.761. The molecule has 1 aliphatic carbocycles. The van der Waals surface area contributed by atoms with E-state index in [-0.39, 0.29) is 0 Å². The van der Waals surface area contributed by atoms with Crippen LogP contribution < -0.4 is 5.32 Å². The maximum absolute atomic E-state index is 12.8. The van der Waals surface area contributed by atoms with Gasteiger partial charge in [0.25, 0.3) is 6.43 Å². The summed E-state index contributed by atoms with van der Waals surface area (Å²) >= 11 is 0. The van der Waals surface area contributed by atoms with Crippen LogP contribution in [0.2, 0.25) is 0 Å². The molecule has 0 saturated heterocycles. The van der Waals surface area contributed by atoms with E-state index in [4.69, 9.17) is 0 Å². The van der Waals surface area contributed by atoms with Crippen molar-refractivity contribution in [1.82, 2.24) is 15.1 Å². The Morgan fingerprint density at radius 1 is 1.37 bits per heavy atom. The van der Waals surface area contributed by atoms with Crippen LogP contribution in [0.5, 0.6) is 0 Å². The van der Waals surface area contributed by atoms with E-state index < -0.39 is 12.5 Å². The van der Waals surface area contributed by atoms with Crippen molar-refractivity contribution in [2.75, 3.05) is 6.54 Å². The largest absolute Gasteiger partial charge is 0.309 e. The van der Waals surface area contributed by atoms with E-state index in [0.717, 1.165) is 18.5 Å². The first-order valence-electron chi connectivity index (χ1n) is 7.26. The topological polar surface area (TPSA) is 29.9 Å². The monoisotopic (exact) mass is 271 g/mol. The zero-order valence-electron chi connectivity index (χ0n) is 11.5. The van der Waals surface area contributed by atoms with Gasteiger partial charge in [-0.3, -0.25) is 4.68 Å². The van der Waals surface area contributed by atoms with Crippen LogP contribution in [0.25, 0.3) is 0 Å². The summed E-state index contributed by atoms with van der Waals surface area (Å²) in [7, 11) is 0. The van der Waals surface area contributed by atoms with Crippen molar-refractivity contribution in [1.29, 1.82) is 0 Å². The lowest BCUT2D eigenvalue weighted by Gasteiger charge is -2.22. The molecule has 1 aliphatic rings. The highest BCUT2D eigenvalue weighted by molar-refractivity contribution is 5.03. The molecule has 1 aromatic heterocycles. The molecule has 2 rings (SSSR count). The summed E-state index contributed by atoms with van der Waals surface area (Å²) in [6.07, 6.45) is 6.01. The van der Waals surface area contributed by atoms with Gasteiger partial charge < -0.3 is 5.32 Å². The number of hydrogen-bond acceptors (Lipinski definition) is 2. The number of halogens is 2. The van der Waals surface area contributed by atoms with E-state index in [1.807, 2.05) is 23.9 Å². The van der Waals surface area contributed by atoms with Crippen LogP contribution in [0.15, 0.2) is 12.3 Å². The maximum Gasteiger partial charge on any atom is 0.254 e. The molecule has 1 N–H and O–H groups in total. The maximum atomic E-state index is 12.8. The average molecular weight is 271 g/mol. The molecule has 0 amide bonds. The fourth-order valence-corrected chi connectivity index (χ4v) is 2.77. The van der Waals surface area contributed by atoms with Crippen LogP contribution in [0, 0.1) is 0 Å². The van der Waals surface area contributed by atoms with Crippen molar-refractivity contribution in [3.05, 3.63) is 18.0 Å². The summed E-state index contributed by atoms with van der Waals surface area (Å²) in [6, 6.07) is 1.55. The molecule has 1 unspecified atom stereocenters. The summed E-state index contributed by atoms with van der Waals surface area (Å²) in [4.78, 5) is 0. The fraction of sp³-hybridized carbons (Fsp3) is 0.786. The van der Waals surface area contributed by atoms with Crippen LogP contribution in [0.1, 0.15) is 50.8 Å². The van der Waals surface area contributed by atoms with Crippen molar-refractivity contribution in [2.45, 2.75) is 64.0 Å². The van der Waals surface area contributed by atoms with Gasteiger partial charge in [0.05, 0.1) is 17.8 Å². The first kappa shape index (κ1) is 14.4. The van der Waals surface area contributed by atoms with Crippen LogP contribution in [-0.4, -0.2) is 28.8 Å². The Labute approximate surface area is 113 Å². The van der Waals surface area contributed by atoms with E-state index in [2.05, 4.69) is 10.4 Å². The van der Waals surface area contributed by atoms with Gasteiger partial charge in [0, 0.05) is 12.6 Å². The second kappa shape index (κ2) is 6.98. The van der Waals surface area contributed by atoms with Crippen molar-refractivity contribution in [3.63, 3.8) is 0 Å². The smallest absolute Gasteiger partial charge is 0.254 e. The highest BCUT2D eigenvalue weighted by atomic mass is 19.3. The molecule has 1 aromatic rings. The van der Waals surface area contributed by atoms with Crippen molar-refractivity contribution in [3.8, 4) is 0 Å². The van der Waals surface area contributed by atoms with Gasteiger partial charge in [0.2, 0.25) is 0 Å². The molecule has 1 heterocycles. The molecule has 3 nitrogen and oxygen atoms in total. The quantitative estimate of drug-likeness (QED) is 0.861. The van der Waals surface area contributed by atoms with E-state index in [9.17, 15) is 8.78 Å². The van der Waals surface area contributed by atoms with Crippen LogP contribution in [-0.2, 0) is 6.42 Å². The second-order valence-corrected chi connectivity index (χ2v) is 5.28. The first-order valence-corrected chi connectivity index (χ1v) is 7.26. The number of nitrogens with zero attached hydrogens (tertiary/aromatic N) is 2. The van der Waals surface area contributed by atoms with Gasteiger partial charge >= 0.3 is 0 Å². The zero-order valence-corrected chi connectivity index (χ0v) is 11.5. The lowest BCUT2D eigenvalue weighted by Crippen LogP contribution is -2.37. The lowest BCUT2D eigenvalue weighted by atomic mass is 9.96. The highest BCUT2D eigenvalue weighted by Gasteiger charge is 2.21. The molecule has 1 atom stereocenters. The number of hydrogen-bond donors (Lipinski definition) is 1. The fourth-order valence-electron chi connectivity index (χ4n) is 2.77. The third-order valence-electron chi connectivity index (χ3n) is 3.81. The number of nitrogens with one attached hydrogen (secondary N) is 1. The van der Waals surface area contributed by atoms with Gasteiger partial charge in [-0.25, -0.2) is 8.78 Å². The molecule has 0 bridgehead atoms. The number of alkyl halides is 2. The average Bonchev–Trinajstić information content (AvgIpc) is 2.88. The number of aromatic nitrogens is 2. The molecule has 108 valence electrons. The highest BCUT2D eigenvalue weighted by Crippen LogP contribution is 2.27. The van der Waals surface area contributed by atoms with Gasteiger partial charge in [-0.15, -0.1) is 0 Å². The summed E-state index contributed by atoms with van der Waals surface area (Å²) in [5, 5.41) is 7.30. The van der Waals surface area contributed by atoms with Gasteiger partial charge in [-0.05, 0) is 25.5 Å². The lowest BCUT2D eigenvalue weighted by molar-refractivity contribution is 0.0985. The minimum absolute atomic E-state index is 0.297. The summed E-state index contributed by atoms with van der Waals surface area (Å²) in [5.74, 6) is 0. The van der Waals surface area contributed by atoms with Crippen molar-refractivity contribution >= 4 is 0 Å². The van der Waals surface area contributed by atoms with Crippen molar-refractivity contribution < 1.29 is 8.78 Å². The Hall–Kier alpha value is -0.970. The Kier molecular flexibility index (Phi) is 5.31. The predicted molar refractivity (Wildman–Crippen MR) is 71.5 cm³/mol. The van der Waals surface area contributed by atoms with Gasteiger partial charge in [0.15, 0.2) is 0 Å². The zero-order chi connectivity index (χ0) is 13.7. The van der Waals surface area contributed by atoms with Crippen LogP contribution >= 0.6 is 0 Å². The van der Waals surface area contributed by atoms with Crippen molar-refractivity contribution in [2.24, 2.45) is 0 Å². The first-order chi connectivity index (χ1) is 9.20. The molecule has 5 heteroatoms.